The Hall–Kier alpha value is -3.20. The van der Waals surface area contributed by atoms with Crippen LogP contribution in [0.3, 0.4) is 0 Å². The highest BCUT2D eigenvalue weighted by Crippen LogP contribution is 2.48. The predicted molar refractivity (Wildman–Crippen MR) is 130 cm³/mol. The van der Waals surface area contributed by atoms with Gasteiger partial charge in [-0.3, -0.25) is 4.79 Å². The maximum Gasteiger partial charge on any atom is 0.364 e. The SMILES string of the molecule is COC1CC(O)C(c2ccc3c(O)c(NC(=O)c4ccccc4)c(=O)oc3c2C)OC12CCCC2. The molecule has 3 atom stereocenters. The Morgan fingerprint density at radius 3 is 2.54 bits per heavy atom. The molecule has 5 rings (SSSR count). The number of carbonyl (C=O) groups is 1. The van der Waals surface area contributed by atoms with Gasteiger partial charge in [0.2, 0.25) is 0 Å². The first kappa shape index (κ1) is 23.5. The molecule has 8 nitrogen and oxygen atoms in total. The predicted octanol–water partition coefficient (Wildman–Crippen LogP) is 4.21. The second-order valence-electron chi connectivity index (χ2n) is 9.43. The van der Waals surface area contributed by atoms with E-state index in [4.69, 9.17) is 13.9 Å². The molecule has 1 spiro atoms. The third-order valence-corrected chi connectivity index (χ3v) is 7.41. The van der Waals surface area contributed by atoms with Crippen molar-refractivity contribution in [3.63, 3.8) is 0 Å². The van der Waals surface area contributed by atoms with Crippen LogP contribution < -0.4 is 10.9 Å². The van der Waals surface area contributed by atoms with Crippen LogP contribution in [0.4, 0.5) is 5.69 Å². The number of amides is 1. The molecule has 1 saturated heterocycles. The van der Waals surface area contributed by atoms with E-state index in [0.717, 1.165) is 25.7 Å². The number of carbonyl (C=O) groups excluding carboxylic acids is 1. The molecule has 3 N–H and O–H groups in total. The van der Waals surface area contributed by atoms with E-state index < -0.39 is 29.3 Å². The quantitative estimate of drug-likeness (QED) is 0.480. The lowest BCUT2D eigenvalue weighted by molar-refractivity contribution is -0.233. The smallest absolute Gasteiger partial charge is 0.364 e. The van der Waals surface area contributed by atoms with Crippen LogP contribution >= 0.6 is 0 Å². The Bertz CT molecular complexity index is 1310. The van der Waals surface area contributed by atoms with Crippen LogP contribution in [0.1, 0.15) is 59.7 Å². The zero-order valence-corrected chi connectivity index (χ0v) is 19.7. The summed E-state index contributed by atoms with van der Waals surface area (Å²) in [6, 6.07) is 11.8. The van der Waals surface area contributed by atoms with E-state index in [1.807, 2.05) is 0 Å². The van der Waals surface area contributed by atoms with Crippen molar-refractivity contribution in [3.05, 3.63) is 69.6 Å². The number of aromatic hydroxyl groups is 1. The number of methoxy groups -OCH3 is 1. The van der Waals surface area contributed by atoms with Crippen molar-refractivity contribution in [2.24, 2.45) is 0 Å². The van der Waals surface area contributed by atoms with Gasteiger partial charge in [0.05, 0.1) is 23.2 Å². The number of rotatable bonds is 4. The lowest BCUT2D eigenvalue weighted by Gasteiger charge is -2.46. The van der Waals surface area contributed by atoms with Gasteiger partial charge in [-0.25, -0.2) is 4.79 Å². The van der Waals surface area contributed by atoms with Crippen LogP contribution in [0.15, 0.2) is 51.7 Å². The minimum Gasteiger partial charge on any atom is -0.505 e. The van der Waals surface area contributed by atoms with Crippen molar-refractivity contribution < 1.29 is 28.9 Å². The van der Waals surface area contributed by atoms with E-state index in [9.17, 15) is 19.8 Å². The monoisotopic (exact) mass is 479 g/mol. The lowest BCUT2D eigenvalue weighted by atomic mass is 9.83. The summed E-state index contributed by atoms with van der Waals surface area (Å²) in [4.78, 5) is 25.3. The standard InChI is InChI=1S/C27H29NO7/c1-15-17(24-19(29)14-20(33-2)27(35-24)12-6-7-13-27)10-11-18-22(30)21(26(32)34-23(15)18)28-25(31)16-8-4-3-5-9-16/h3-5,8-11,19-20,24,29-30H,6-7,12-14H2,1-2H3,(H,28,31). The number of hydrogen-bond donors (Lipinski definition) is 3. The average Bonchev–Trinajstić information content (AvgIpc) is 3.33. The van der Waals surface area contributed by atoms with Crippen LogP contribution in [0.25, 0.3) is 11.0 Å². The van der Waals surface area contributed by atoms with Crippen molar-refractivity contribution >= 4 is 22.6 Å². The molecule has 3 aromatic rings. The molecule has 2 heterocycles. The minimum atomic E-state index is -0.864. The van der Waals surface area contributed by atoms with E-state index in [0.29, 0.717) is 23.1 Å². The zero-order chi connectivity index (χ0) is 24.7. The average molecular weight is 480 g/mol. The third-order valence-electron chi connectivity index (χ3n) is 7.41. The number of nitrogens with one attached hydrogen (secondary N) is 1. The fourth-order valence-electron chi connectivity index (χ4n) is 5.55. The second-order valence-corrected chi connectivity index (χ2v) is 9.43. The molecular weight excluding hydrogens is 450 g/mol. The molecule has 3 unspecified atom stereocenters. The Labute approximate surface area is 202 Å². The van der Waals surface area contributed by atoms with E-state index >= 15 is 0 Å². The van der Waals surface area contributed by atoms with Gasteiger partial charge in [0.1, 0.15) is 11.7 Å². The number of aliphatic hydroxyl groups is 1. The van der Waals surface area contributed by atoms with Crippen LogP contribution in [0, 0.1) is 6.92 Å². The number of anilines is 1. The number of hydrogen-bond acceptors (Lipinski definition) is 7. The van der Waals surface area contributed by atoms with Gasteiger partial charge >= 0.3 is 5.63 Å². The molecule has 2 fully saturated rings. The summed E-state index contributed by atoms with van der Waals surface area (Å²) < 4.78 is 17.8. The number of benzene rings is 2. The van der Waals surface area contributed by atoms with Crippen molar-refractivity contribution in [2.45, 2.75) is 62.9 Å². The Balaban J connectivity index is 1.51. The van der Waals surface area contributed by atoms with Gasteiger partial charge in [0, 0.05) is 19.1 Å². The first-order valence-electron chi connectivity index (χ1n) is 11.9. The van der Waals surface area contributed by atoms with Gasteiger partial charge in [0.25, 0.3) is 5.91 Å². The molecule has 1 aliphatic carbocycles. The third kappa shape index (κ3) is 4.01. The first-order valence-corrected chi connectivity index (χ1v) is 11.9. The minimum absolute atomic E-state index is 0.185. The van der Waals surface area contributed by atoms with Crippen LogP contribution in [-0.4, -0.2) is 41.0 Å². The van der Waals surface area contributed by atoms with Crippen molar-refractivity contribution in [1.29, 1.82) is 0 Å². The highest BCUT2D eigenvalue weighted by Gasteiger charge is 2.51. The fraction of sp³-hybridized carbons (Fsp3) is 0.407. The summed E-state index contributed by atoms with van der Waals surface area (Å²) in [7, 11) is 1.65. The number of aryl methyl sites for hydroxylation is 1. The van der Waals surface area contributed by atoms with Crippen LogP contribution in [-0.2, 0) is 9.47 Å². The number of ether oxygens (including phenoxy) is 2. The number of fused-ring (bicyclic) bond motifs is 1. The second kappa shape index (κ2) is 9.11. The summed E-state index contributed by atoms with van der Waals surface area (Å²) in [6.45, 7) is 1.77. The Kier molecular flexibility index (Phi) is 6.13. The van der Waals surface area contributed by atoms with E-state index in [2.05, 4.69) is 5.32 Å². The molecular formula is C27H29NO7. The van der Waals surface area contributed by atoms with E-state index in [1.165, 1.54) is 0 Å². The van der Waals surface area contributed by atoms with Crippen LogP contribution in [0.5, 0.6) is 5.75 Å². The maximum absolute atomic E-state index is 12.8. The van der Waals surface area contributed by atoms with Crippen molar-refractivity contribution in [1.82, 2.24) is 0 Å². The summed E-state index contributed by atoms with van der Waals surface area (Å²) in [5.74, 6) is -0.902. The van der Waals surface area contributed by atoms with Gasteiger partial charge in [0.15, 0.2) is 11.4 Å². The summed E-state index contributed by atoms with van der Waals surface area (Å²) in [5.41, 5.74) is 0.175. The first-order chi connectivity index (χ1) is 16.8. The molecule has 1 amide bonds. The molecule has 184 valence electrons. The molecule has 8 heteroatoms. The molecule has 2 aliphatic rings. The topological polar surface area (TPSA) is 118 Å². The van der Waals surface area contributed by atoms with Crippen molar-refractivity contribution in [2.75, 3.05) is 12.4 Å². The van der Waals surface area contributed by atoms with Crippen molar-refractivity contribution in [3.8, 4) is 5.75 Å². The fourth-order valence-corrected chi connectivity index (χ4v) is 5.55. The molecule has 0 bridgehead atoms. The van der Waals surface area contributed by atoms with Gasteiger partial charge < -0.3 is 29.4 Å². The lowest BCUT2D eigenvalue weighted by Crippen LogP contribution is -2.52. The molecule has 0 radical (unpaired) electrons. The molecule has 35 heavy (non-hydrogen) atoms. The summed E-state index contributed by atoms with van der Waals surface area (Å²) >= 11 is 0. The highest BCUT2D eigenvalue weighted by molar-refractivity contribution is 6.06. The summed E-state index contributed by atoms with van der Waals surface area (Å²) in [6.07, 6.45) is 2.65. The highest BCUT2D eigenvalue weighted by atomic mass is 16.6. The Morgan fingerprint density at radius 1 is 1.14 bits per heavy atom. The van der Waals surface area contributed by atoms with E-state index in [-0.39, 0.29) is 28.5 Å². The van der Waals surface area contributed by atoms with Gasteiger partial charge in [-0.05, 0) is 49.1 Å². The maximum atomic E-state index is 12.8. The molecule has 1 saturated carbocycles. The summed E-state index contributed by atoms with van der Waals surface area (Å²) in [5, 5.41) is 24.5. The molecule has 2 aromatic carbocycles. The zero-order valence-electron chi connectivity index (χ0n) is 19.7. The molecule has 1 aliphatic heterocycles. The Morgan fingerprint density at radius 2 is 1.86 bits per heavy atom. The van der Waals surface area contributed by atoms with E-state index in [1.54, 1.807) is 56.5 Å². The van der Waals surface area contributed by atoms with Crippen LogP contribution in [0.2, 0.25) is 0 Å². The number of aliphatic hydroxyl groups excluding tert-OH is 1. The largest absolute Gasteiger partial charge is 0.505 e. The van der Waals surface area contributed by atoms with Gasteiger partial charge in [-0.1, -0.05) is 37.1 Å². The van der Waals surface area contributed by atoms with Gasteiger partial charge in [-0.15, -0.1) is 0 Å². The normalized spacial score (nSPS) is 23.6. The van der Waals surface area contributed by atoms with Gasteiger partial charge in [-0.2, -0.15) is 0 Å². The molecule has 1 aromatic heterocycles.